The summed E-state index contributed by atoms with van der Waals surface area (Å²) in [5.74, 6) is -0.927. The number of hydrogen-bond acceptors (Lipinski definition) is 5. The molecule has 0 spiro atoms. The summed E-state index contributed by atoms with van der Waals surface area (Å²) in [6.45, 7) is 3.65. The normalized spacial score (nSPS) is 10.7. The van der Waals surface area contributed by atoms with Gasteiger partial charge < -0.3 is 24.1 Å². The van der Waals surface area contributed by atoms with E-state index >= 15 is 0 Å². The van der Waals surface area contributed by atoms with Crippen LogP contribution in [0.15, 0.2) is 24.3 Å². The summed E-state index contributed by atoms with van der Waals surface area (Å²) in [6.07, 6.45) is 0. The molecule has 21 heavy (non-hydrogen) atoms. The van der Waals surface area contributed by atoms with Crippen molar-refractivity contribution in [2.75, 3.05) is 46.8 Å². The van der Waals surface area contributed by atoms with Gasteiger partial charge in [-0.1, -0.05) is 12.1 Å². The monoisotopic (exact) mass is 298 g/mol. The van der Waals surface area contributed by atoms with Gasteiger partial charge in [-0.3, -0.25) is 0 Å². The minimum atomic E-state index is -0.927. The number of rotatable bonds is 12. The molecule has 6 nitrogen and oxygen atoms in total. The molecule has 118 valence electrons. The third-order valence-corrected chi connectivity index (χ3v) is 2.65. The maximum atomic E-state index is 10.7. The number of carboxylic acid groups (broad SMARTS) is 1. The maximum absolute atomic E-state index is 10.7. The molecule has 0 heterocycles. The van der Waals surface area contributed by atoms with Crippen molar-refractivity contribution >= 4 is 5.97 Å². The molecule has 0 saturated carbocycles. The first-order chi connectivity index (χ1) is 10.2. The van der Waals surface area contributed by atoms with E-state index in [-0.39, 0.29) is 5.56 Å². The van der Waals surface area contributed by atoms with E-state index < -0.39 is 5.97 Å². The molecule has 1 rings (SSSR count). The third-order valence-electron chi connectivity index (χ3n) is 2.65. The predicted octanol–water partition coefficient (Wildman–Crippen LogP) is 1.58. The molecule has 6 heteroatoms. The molecule has 0 bridgehead atoms. The van der Waals surface area contributed by atoms with Crippen LogP contribution in [0.2, 0.25) is 0 Å². The topological polar surface area (TPSA) is 74.2 Å². The number of carboxylic acids is 1. The molecule has 0 aromatic heterocycles. The highest BCUT2D eigenvalue weighted by molar-refractivity contribution is 5.87. The molecule has 0 aliphatic rings. The summed E-state index contributed by atoms with van der Waals surface area (Å²) >= 11 is 0. The lowest BCUT2D eigenvalue weighted by Crippen LogP contribution is -2.11. The van der Waals surface area contributed by atoms with Gasteiger partial charge in [0.05, 0.1) is 51.8 Å². The van der Waals surface area contributed by atoms with E-state index in [1.807, 2.05) is 0 Å². The first-order valence-corrected chi connectivity index (χ1v) is 6.78. The number of ether oxygens (including phenoxy) is 4. The van der Waals surface area contributed by atoms with E-state index in [2.05, 4.69) is 0 Å². The van der Waals surface area contributed by atoms with E-state index in [4.69, 9.17) is 24.1 Å². The van der Waals surface area contributed by atoms with Gasteiger partial charge >= 0.3 is 5.97 Å². The minimum Gasteiger partial charge on any atom is -0.478 e. The number of methoxy groups -OCH3 is 1. The van der Waals surface area contributed by atoms with Crippen molar-refractivity contribution in [3.8, 4) is 0 Å². The quantitative estimate of drug-likeness (QED) is 0.591. The van der Waals surface area contributed by atoms with Crippen LogP contribution >= 0.6 is 0 Å². The Morgan fingerprint density at radius 2 is 1.43 bits per heavy atom. The smallest absolute Gasteiger partial charge is 0.335 e. The van der Waals surface area contributed by atoms with Crippen molar-refractivity contribution in [1.29, 1.82) is 0 Å². The van der Waals surface area contributed by atoms with Crippen LogP contribution in [0.3, 0.4) is 0 Å². The van der Waals surface area contributed by atoms with Crippen LogP contribution in [0.1, 0.15) is 15.9 Å². The Balaban J connectivity index is 1.98. The molecule has 0 radical (unpaired) electrons. The van der Waals surface area contributed by atoms with Gasteiger partial charge in [-0.15, -0.1) is 0 Å². The SMILES string of the molecule is COCCOCCOCCOCc1ccc(C(=O)O)cc1. The second-order valence-corrected chi connectivity index (χ2v) is 4.27. The van der Waals surface area contributed by atoms with Crippen LogP contribution < -0.4 is 0 Å². The fourth-order valence-corrected chi connectivity index (χ4v) is 1.52. The maximum Gasteiger partial charge on any atom is 0.335 e. The molecule has 0 fully saturated rings. The molecule has 0 amide bonds. The van der Waals surface area contributed by atoms with Crippen molar-refractivity contribution in [3.05, 3.63) is 35.4 Å². The van der Waals surface area contributed by atoms with E-state index in [0.717, 1.165) is 5.56 Å². The molecule has 1 aromatic rings. The molecular weight excluding hydrogens is 276 g/mol. The summed E-state index contributed by atoms with van der Waals surface area (Å²) in [7, 11) is 1.63. The highest BCUT2D eigenvalue weighted by Gasteiger charge is 2.01. The Bertz CT molecular complexity index is 390. The summed E-state index contributed by atoms with van der Waals surface area (Å²) in [5, 5.41) is 8.78. The van der Waals surface area contributed by atoms with E-state index in [0.29, 0.717) is 46.2 Å². The van der Waals surface area contributed by atoms with Gasteiger partial charge in [0.15, 0.2) is 0 Å². The van der Waals surface area contributed by atoms with Gasteiger partial charge in [0.1, 0.15) is 0 Å². The van der Waals surface area contributed by atoms with Crippen LogP contribution in [0.25, 0.3) is 0 Å². The lowest BCUT2D eigenvalue weighted by Gasteiger charge is -2.07. The van der Waals surface area contributed by atoms with Crippen LogP contribution in [0, 0.1) is 0 Å². The fourth-order valence-electron chi connectivity index (χ4n) is 1.52. The number of benzene rings is 1. The van der Waals surface area contributed by atoms with Crippen molar-refractivity contribution in [2.45, 2.75) is 6.61 Å². The molecule has 0 aliphatic heterocycles. The van der Waals surface area contributed by atoms with Gasteiger partial charge in [-0.05, 0) is 17.7 Å². The molecule has 0 aliphatic carbocycles. The van der Waals surface area contributed by atoms with Crippen molar-refractivity contribution in [2.24, 2.45) is 0 Å². The number of aromatic carboxylic acids is 1. The second-order valence-electron chi connectivity index (χ2n) is 4.27. The fraction of sp³-hybridized carbons (Fsp3) is 0.533. The number of carbonyl (C=O) groups is 1. The van der Waals surface area contributed by atoms with Gasteiger partial charge in [-0.25, -0.2) is 4.79 Å². The minimum absolute atomic E-state index is 0.274. The molecule has 1 aromatic carbocycles. The molecule has 0 atom stereocenters. The predicted molar refractivity (Wildman–Crippen MR) is 76.6 cm³/mol. The van der Waals surface area contributed by atoms with Gasteiger partial charge in [0.25, 0.3) is 0 Å². The van der Waals surface area contributed by atoms with Crippen LogP contribution in [-0.2, 0) is 25.6 Å². The largest absolute Gasteiger partial charge is 0.478 e. The summed E-state index contributed by atoms with van der Waals surface area (Å²) in [6, 6.07) is 6.62. The molecule has 1 N–H and O–H groups in total. The average molecular weight is 298 g/mol. The zero-order chi connectivity index (χ0) is 15.3. The van der Waals surface area contributed by atoms with E-state index in [1.54, 1.807) is 31.4 Å². The highest BCUT2D eigenvalue weighted by Crippen LogP contribution is 2.05. The Labute approximate surface area is 124 Å². The Morgan fingerprint density at radius 1 is 0.905 bits per heavy atom. The average Bonchev–Trinajstić information content (AvgIpc) is 2.49. The lowest BCUT2D eigenvalue weighted by molar-refractivity contribution is 0.000867. The van der Waals surface area contributed by atoms with Gasteiger partial charge in [-0.2, -0.15) is 0 Å². The van der Waals surface area contributed by atoms with Crippen LogP contribution in [-0.4, -0.2) is 57.8 Å². The Kier molecular flexibility index (Phi) is 9.39. The standard InChI is InChI=1S/C15H22O6/c1-18-6-7-19-8-9-20-10-11-21-12-13-2-4-14(5-3-13)15(16)17/h2-5H,6-12H2,1H3,(H,16,17). The highest BCUT2D eigenvalue weighted by atomic mass is 16.6. The van der Waals surface area contributed by atoms with Gasteiger partial charge in [0, 0.05) is 7.11 Å². The molecule has 0 unspecified atom stereocenters. The number of hydrogen-bond donors (Lipinski definition) is 1. The Morgan fingerprint density at radius 3 is 1.95 bits per heavy atom. The third kappa shape index (κ3) is 8.41. The first-order valence-electron chi connectivity index (χ1n) is 6.78. The van der Waals surface area contributed by atoms with Gasteiger partial charge in [0.2, 0.25) is 0 Å². The van der Waals surface area contributed by atoms with Crippen molar-refractivity contribution < 1.29 is 28.8 Å². The summed E-state index contributed by atoms with van der Waals surface area (Å²) in [4.78, 5) is 10.7. The van der Waals surface area contributed by atoms with Crippen molar-refractivity contribution in [3.63, 3.8) is 0 Å². The summed E-state index contributed by atoms with van der Waals surface area (Å²) < 4.78 is 20.9. The zero-order valence-electron chi connectivity index (χ0n) is 12.2. The van der Waals surface area contributed by atoms with E-state index in [9.17, 15) is 4.79 Å². The lowest BCUT2D eigenvalue weighted by atomic mass is 10.1. The summed E-state index contributed by atoms with van der Waals surface area (Å²) in [5.41, 5.74) is 1.21. The Hall–Kier alpha value is -1.47. The zero-order valence-corrected chi connectivity index (χ0v) is 12.2. The van der Waals surface area contributed by atoms with Crippen molar-refractivity contribution in [1.82, 2.24) is 0 Å². The molecule has 0 saturated heterocycles. The van der Waals surface area contributed by atoms with Crippen LogP contribution in [0.5, 0.6) is 0 Å². The van der Waals surface area contributed by atoms with E-state index in [1.165, 1.54) is 0 Å². The second kappa shape index (κ2) is 11.2. The van der Waals surface area contributed by atoms with Crippen LogP contribution in [0.4, 0.5) is 0 Å². The molecular formula is C15H22O6. The first kappa shape index (κ1) is 17.6.